The summed E-state index contributed by atoms with van der Waals surface area (Å²) in [6.07, 6.45) is 4.15. The first-order valence-electron chi connectivity index (χ1n) is 7.53. The molecule has 0 saturated carbocycles. The molecule has 23 heavy (non-hydrogen) atoms. The Hall–Kier alpha value is -3.00. The van der Waals surface area contributed by atoms with Gasteiger partial charge in [0.05, 0.1) is 5.52 Å². The average molecular weight is 302 g/mol. The van der Waals surface area contributed by atoms with Crippen molar-refractivity contribution in [1.82, 2.24) is 19.5 Å². The highest BCUT2D eigenvalue weighted by molar-refractivity contribution is 5.74. The minimum absolute atomic E-state index is 0.0569. The molecule has 5 heteroatoms. The number of aromatic nitrogens is 4. The normalized spacial score (nSPS) is 16.0. The SMILES string of the molecule is CC1Cc2nc3cc(C#Cc4ccccn4)cnc3c(=O)n2C1. The Balaban J connectivity index is 1.79. The van der Waals surface area contributed by atoms with Crippen molar-refractivity contribution in [2.24, 2.45) is 5.92 Å². The summed E-state index contributed by atoms with van der Waals surface area (Å²) in [5.74, 6) is 7.29. The van der Waals surface area contributed by atoms with Gasteiger partial charge >= 0.3 is 0 Å². The zero-order chi connectivity index (χ0) is 15.8. The van der Waals surface area contributed by atoms with Crippen LogP contribution in [0.15, 0.2) is 41.5 Å². The van der Waals surface area contributed by atoms with E-state index >= 15 is 0 Å². The van der Waals surface area contributed by atoms with Crippen molar-refractivity contribution >= 4 is 11.0 Å². The summed E-state index contributed by atoms with van der Waals surface area (Å²) in [5.41, 5.74) is 2.39. The molecule has 3 aromatic rings. The van der Waals surface area contributed by atoms with Gasteiger partial charge in [0.1, 0.15) is 11.5 Å². The molecule has 1 aliphatic rings. The second-order valence-electron chi connectivity index (χ2n) is 5.81. The molecular formula is C18H14N4O. The third-order valence-corrected chi connectivity index (χ3v) is 3.90. The fraction of sp³-hybridized carbons (Fsp3) is 0.222. The lowest BCUT2D eigenvalue weighted by atomic mass is 10.1. The van der Waals surface area contributed by atoms with Crippen molar-refractivity contribution in [3.8, 4) is 11.8 Å². The van der Waals surface area contributed by atoms with E-state index < -0.39 is 0 Å². The molecule has 0 N–H and O–H groups in total. The highest BCUT2D eigenvalue weighted by Gasteiger charge is 2.21. The molecule has 0 amide bonds. The maximum absolute atomic E-state index is 12.5. The Labute approximate surface area is 133 Å². The molecule has 0 radical (unpaired) electrons. The fourth-order valence-corrected chi connectivity index (χ4v) is 2.82. The molecule has 4 rings (SSSR count). The van der Waals surface area contributed by atoms with Crippen molar-refractivity contribution in [2.45, 2.75) is 19.9 Å². The first-order chi connectivity index (χ1) is 11.2. The van der Waals surface area contributed by atoms with Gasteiger partial charge in [-0.2, -0.15) is 0 Å². The van der Waals surface area contributed by atoms with Gasteiger partial charge < -0.3 is 0 Å². The van der Waals surface area contributed by atoms with Crippen molar-refractivity contribution in [1.29, 1.82) is 0 Å². The first-order valence-corrected chi connectivity index (χ1v) is 7.53. The van der Waals surface area contributed by atoms with Gasteiger partial charge in [-0.25, -0.2) is 15.0 Å². The van der Waals surface area contributed by atoms with E-state index in [0.717, 1.165) is 24.4 Å². The van der Waals surface area contributed by atoms with Gasteiger partial charge in [-0.05, 0) is 30.0 Å². The molecule has 4 heterocycles. The Kier molecular flexibility index (Phi) is 3.16. The lowest BCUT2D eigenvalue weighted by molar-refractivity contribution is 0.558. The lowest BCUT2D eigenvalue weighted by Gasteiger charge is -2.04. The van der Waals surface area contributed by atoms with Gasteiger partial charge in [0.2, 0.25) is 0 Å². The van der Waals surface area contributed by atoms with Gasteiger partial charge in [0.25, 0.3) is 5.56 Å². The minimum atomic E-state index is -0.0569. The van der Waals surface area contributed by atoms with E-state index in [4.69, 9.17) is 0 Å². The third-order valence-electron chi connectivity index (χ3n) is 3.90. The van der Waals surface area contributed by atoms with Crippen LogP contribution in [0.1, 0.15) is 24.0 Å². The van der Waals surface area contributed by atoms with Gasteiger partial charge in [-0.15, -0.1) is 0 Å². The van der Waals surface area contributed by atoms with Crippen molar-refractivity contribution in [3.05, 3.63) is 64.1 Å². The van der Waals surface area contributed by atoms with Crippen LogP contribution in [0.5, 0.6) is 0 Å². The molecule has 1 aliphatic heterocycles. The number of nitrogens with zero attached hydrogens (tertiary/aromatic N) is 4. The van der Waals surface area contributed by atoms with Crippen LogP contribution in [0.4, 0.5) is 0 Å². The van der Waals surface area contributed by atoms with Crippen LogP contribution in [-0.2, 0) is 13.0 Å². The molecule has 3 aromatic heterocycles. The Morgan fingerprint density at radius 3 is 3.00 bits per heavy atom. The smallest absolute Gasteiger partial charge is 0.280 e. The van der Waals surface area contributed by atoms with E-state index in [1.54, 1.807) is 17.0 Å². The fourth-order valence-electron chi connectivity index (χ4n) is 2.82. The first kappa shape index (κ1) is 13.6. The molecule has 1 atom stereocenters. The van der Waals surface area contributed by atoms with Crippen LogP contribution in [-0.4, -0.2) is 19.5 Å². The average Bonchev–Trinajstić information content (AvgIpc) is 2.94. The number of rotatable bonds is 0. The largest absolute Gasteiger partial charge is 0.294 e. The topological polar surface area (TPSA) is 60.7 Å². The van der Waals surface area contributed by atoms with Crippen LogP contribution in [0.3, 0.4) is 0 Å². The van der Waals surface area contributed by atoms with E-state index in [2.05, 4.69) is 33.7 Å². The molecule has 1 unspecified atom stereocenters. The van der Waals surface area contributed by atoms with E-state index in [0.29, 0.717) is 22.6 Å². The lowest BCUT2D eigenvalue weighted by Crippen LogP contribution is -2.22. The molecular weight excluding hydrogens is 288 g/mol. The molecule has 0 saturated heterocycles. The summed E-state index contributed by atoms with van der Waals surface area (Å²) in [4.78, 5) is 25.5. The second-order valence-corrected chi connectivity index (χ2v) is 5.81. The van der Waals surface area contributed by atoms with Crippen molar-refractivity contribution in [2.75, 3.05) is 0 Å². The second kappa shape index (κ2) is 5.33. The minimum Gasteiger partial charge on any atom is -0.294 e. The van der Waals surface area contributed by atoms with E-state index in [9.17, 15) is 4.79 Å². The quantitative estimate of drug-likeness (QED) is 0.594. The van der Waals surface area contributed by atoms with Crippen molar-refractivity contribution < 1.29 is 0 Å². The van der Waals surface area contributed by atoms with Gasteiger partial charge in [-0.3, -0.25) is 9.36 Å². The predicted octanol–water partition coefficient (Wildman–Crippen LogP) is 1.78. The van der Waals surface area contributed by atoms with Crippen LogP contribution in [0, 0.1) is 17.8 Å². The highest BCUT2D eigenvalue weighted by Crippen LogP contribution is 2.18. The Morgan fingerprint density at radius 1 is 1.26 bits per heavy atom. The Morgan fingerprint density at radius 2 is 2.17 bits per heavy atom. The molecule has 0 fully saturated rings. The summed E-state index contributed by atoms with van der Waals surface area (Å²) >= 11 is 0. The number of hydrogen-bond acceptors (Lipinski definition) is 4. The summed E-state index contributed by atoms with van der Waals surface area (Å²) in [6.45, 7) is 2.84. The van der Waals surface area contributed by atoms with Gasteiger partial charge in [0.15, 0.2) is 5.52 Å². The maximum Gasteiger partial charge on any atom is 0.280 e. The van der Waals surface area contributed by atoms with E-state index in [1.165, 1.54) is 0 Å². The van der Waals surface area contributed by atoms with Crippen LogP contribution >= 0.6 is 0 Å². The maximum atomic E-state index is 12.5. The van der Waals surface area contributed by atoms with Crippen molar-refractivity contribution in [3.63, 3.8) is 0 Å². The van der Waals surface area contributed by atoms with E-state index in [-0.39, 0.29) is 5.56 Å². The molecule has 5 nitrogen and oxygen atoms in total. The highest BCUT2D eigenvalue weighted by atomic mass is 16.1. The zero-order valence-electron chi connectivity index (χ0n) is 12.7. The number of pyridine rings is 2. The monoisotopic (exact) mass is 302 g/mol. The Bertz CT molecular complexity index is 1010. The summed E-state index contributed by atoms with van der Waals surface area (Å²) in [6, 6.07) is 7.41. The van der Waals surface area contributed by atoms with Crippen LogP contribution < -0.4 is 5.56 Å². The summed E-state index contributed by atoms with van der Waals surface area (Å²) < 4.78 is 1.74. The molecule has 112 valence electrons. The van der Waals surface area contributed by atoms with Crippen LogP contribution in [0.25, 0.3) is 11.0 Å². The number of fused-ring (bicyclic) bond motifs is 2. The third kappa shape index (κ3) is 2.49. The summed E-state index contributed by atoms with van der Waals surface area (Å²) in [5, 5.41) is 0. The molecule has 0 bridgehead atoms. The zero-order valence-corrected chi connectivity index (χ0v) is 12.7. The standard InChI is InChI=1S/C18H14N4O/c1-12-8-16-21-15-9-13(5-6-14-4-2-3-7-19-14)10-20-17(15)18(23)22(16)11-12/h2-4,7,9-10,12H,8,11H2,1H3. The molecule has 0 spiro atoms. The van der Waals surface area contributed by atoms with E-state index in [1.807, 2.05) is 24.3 Å². The molecule has 0 aromatic carbocycles. The van der Waals surface area contributed by atoms with Crippen LogP contribution in [0.2, 0.25) is 0 Å². The number of hydrogen-bond donors (Lipinski definition) is 0. The molecule has 0 aliphatic carbocycles. The van der Waals surface area contributed by atoms with Gasteiger partial charge in [-0.1, -0.05) is 18.9 Å². The van der Waals surface area contributed by atoms with Gasteiger partial charge in [0, 0.05) is 30.9 Å². The summed E-state index contributed by atoms with van der Waals surface area (Å²) in [7, 11) is 0. The predicted molar refractivity (Wildman–Crippen MR) is 86.9 cm³/mol.